The zero-order chi connectivity index (χ0) is 23.7. The third-order valence-corrected chi connectivity index (χ3v) is 8.21. The molecule has 4 aromatic rings. The number of fused-ring (bicyclic) bond motifs is 1. The number of sulfonamides is 1. The summed E-state index contributed by atoms with van der Waals surface area (Å²) in [7, 11) is -3.72. The Balaban J connectivity index is 1.28. The minimum atomic E-state index is -3.72. The van der Waals surface area contributed by atoms with Gasteiger partial charge in [-0.05, 0) is 67.4 Å². The van der Waals surface area contributed by atoms with Gasteiger partial charge >= 0.3 is 0 Å². The average Bonchev–Trinajstić information content (AvgIpc) is 3.07. The fraction of sp³-hybridized carbons (Fsp3) is 0.259. The average molecular weight is 479 g/mol. The van der Waals surface area contributed by atoms with Gasteiger partial charge in [0.15, 0.2) is 0 Å². The van der Waals surface area contributed by atoms with Crippen molar-refractivity contribution in [2.45, 2.75) is 24.8 Å². The Labute approximate surface area is 199 Å². The summed E-state index contributed by atoms with van der Waals surface area (Å²) in [4.78, 5) is 2.21. The Hall–Kier alpha value is -3.00. The van der Waals surface area contributed by atoms with Gasteiger partial charge in [0.2, 0.25) is 10.0 Å². The van der Waals surface area contributed by atoms with Gasteiger partial charge in [0.05, 0.1) is 11.4 Å². The number of nitrogens with zero attached hydrogens (tertiary/aromatic N) is 2. The van der Waals surface area contributed by atoms with Crippen molar-refractivity contribution >= 4 is 21.0 Å². The Morgan fingerprint density at radius 3 is 2.47 bits per heavy atom. The molecular weight excluding hydrogens is 451 g/mol. The molecule has 0 bridgehead atoms. The summed E-state index contributed by atoms with van der Waals surface area (Å²) in [5, 5.41) is 1.05. The molecule has 0 aliphatic carbocycles. The van der Waals surface area contributed by atoms with Crippen molar-refractivity contribution in [1.29, 1.82) is 0 Å². The van der Waals surface area contributed by atoms with Gasteiger partial charge in [-0.15, -0.1) is 0 Å². The first-order valence-electron chi connectivity index (χ1n) is 11.5. The van der Waals surface area contributed by atoms with Crippen LogP contribution >= 0.6 is 0 Å². The molecule has 176 valence electrons. The van der Waals surface area contributed by atoms with E-state index in [2.05, 4.69) is 54.3 Å². The largest absolute Gasteiger partial charge is 0.460 e. The van der Waals surface area contributed by atoms with Crippen LogP contribution in [-0.2, 0) is 16.6 Å². The maximum atomic E-state index is 13.6. The number of rotatable bonds is 5. The van der Waals surface area contributed by atoms with E-state index >= 15 is 0 Å². The van der Waals surface area contributed by atoms with Gasteiger partial charge in [0.1, 0.15) is 17.2 Å². The molecule has 2 heterocycles. The number of benzene rings is 3. The maximum Gasteiger partial charge on any atom is 0.243 e. The van der Waals surface area contributed by atoms with Gasteiger partial charge in [0.25, 0.3) is 0 Å². The second-order valence-electron chi connectivity index (χ2n) is 8.82. The van der Waals surface area contributed by atoms with Gasteiger partial charge in [-0.3, -0.25) is 4.90 Å². The fourth-order valence-corrected chi connectivity index (χ4v) is 5.95. The molecule has 1 fully saturated rings. The van der Waals surface area contributed by atoms with Crippen LogP contribution in [-0.4, -0.2) is 43.8 Å². The second kappa shape index (κ2) is 9.33. The molecule has 0 amide bonds. The van der Waals surface area contributed by atoms with Gasteiger partial charge in [-0.1, -0.05) is 42.0 Å². The molecule has 7 heteroatoms. The zero-order valence-electron chi connectivity index (χ0n) is 19.1. The van der Waals surface area contributed by atoms with E-state index in [0.717, 1.165) is 34.9 Å². The van der Waals surface area contributed by atoms with Gasteiger partial charge in [-0.2, -0.15) is 4.31 Å². The van der Waals surface area contributed by atoms with Crippen molar-refractivity contribution in [2.75, 3.05) is 26.2 Å². The van der Waals surface area contributed by atoms with E-state index in [-0.39, 0.29) is 4.90 Å². The van der Waals surface area contributed by atoms with Crippen LogP contribution in [0.15, 0.2) is 82.1 Å². The minimum Gasteiger partial charge on any atom is -0.460 e. The van der Waals surface area contributed by atoms with Crippen LogP contribution in [0.1, 0.15) is 17.7 Å². The number of halogens is 1. The molecule has 1 saturated heterocycles. The Bertz CT molecular complexity index is 1410. The molecule has 3 aromatic carbocycles. The van der Waals surface area contributed by atoms with Crippen molar-refractivity contribution in [3.63, 3.8) is 0 Å². The van der Waals surface area contributed by atoms with Crippen LogP contribution in [0.2, 0.25) is 0 Å². The van der Waals surface area contributed by atoms with Crippen molar-refractivity contribution in [1.82, 2.24) is 9.21 Å². The monoisotopic (exact) mass is 478 g/mol. The van der Waals surface area contributed by atoms with Gasteiger partial charge in [0, 0.05) is 25.0 Å². The molecule has 34 heavy (non-hydrogen) atoms. The van der Waals surface area contributed by atoms with Crippen LogP contribution in [0.4, 0.5) is 4.39 Å². The normalized spacial score (nSPS) is 16.1. The summed E-state index contributed by atoms with van der Waals surface area (Å²) < 4.78 is 47.0. The highest BCUT2D eigenvalue weighted by Crippen LogP contribution is 2.28. The Morgan fingerprint density at radius 2 is 1.68 bits per heavy atom. The standard InChI is InChI=1S/C27H27FN2O3S/c1-20-6-8-21(9-7-20)22-10-11-27-23(16-22)17-25(33-27)19-29-12-3-13-30(15-14-29)34(31,32)26-5-2-4-24(28)18-26/h2,4-11,16-18H,3,12-15,19H2,1H3. The Morgan fingerprint density at radius 1 is 0.882 bits per heavy atom. The predicted octanol–water partition coefficient (Wildman–Crippen LogP) is 5.44. The van der Waals surface area contributed by atoms with E-state index < -0.39 is 15.8 Å². The lowest BCUT2D eigenvalue weighted by Gasteiger charge is -2.21. The topological polar surface area (TPSA) is 53.8 Å². The van der Waals surface area contributed by atoms with Crippen molar-refractivity contribution < 1.29 is 17.2 Å². The van der Waals surface area contributed by atoms with Crippen molar-refractivity contribution in [2.24, 2.45) is 0 Å². The molecule has 0 unspecified atom stereocenters. The summed E-state index contributed by atoms with van der Waals surface area (Å²) in [6.07, 6.45) is 0.701. The van der Waals surface area contributed by atoms with Crippen molar-refractivity contribution in [3.05, 3.63) is 89.9 Å². The molecular formula is C27H27FN2O3S. The number of furan rings is 1. The van der Waals surface area contributed by atoms with Gasteiger partial charge < -0.3 is 4.42 Å². The second-order valence-corrected chi connectivity index (χ2v) is 10.8. The summed E-state index contributed by atoms with van der Waals surface area (Å²) in [5.41, 5.74) is 4.39. The van der Waals surface area contributed by atoms with Crippen molar-refractivity contribution in [3.8, 4) is 11.1 Å². The SMILES string of the molecule is Cc1ccc(-c2ccc3oc(CN4CCCN(S(=O)(=O)c5cccc(F)c5)CC4)cc3c2)cc1. The number of hydrogen-bond acceptors (Lipinski definition) is 4. The molecule has 0 N–H and O–H groups in total. The van der Waals surface area contributed by atoms with E-state index in [1.54, 1.807) is 0 Å². The number of aryl methyl sites for hydroxylation is 1. The molecule has 1 aliphatic rings. The van der Waals surface area contributed by atoms with Crippen LogP contribution < -0.4 is 0 Å². The first-order valence-corrected chi connectivity index (χ1v) is 12.9. The summed E-state index contributed by atoms with van der Waals surface area (Å²) in [5.74, 6) is 0.311. The first-order chi connectivity index (χ1) is 16.4. The quantitative estimate of drug-likeness (QED) is 0.383. The minimum absolute atomic E-state index is 0.00242. The highest BCUT2D eigenvalue weighted by molar-refractivity contribution is 7.89. The highest BCUT2D eigenvalue weighted by Gasteiger charge is 2.27. The highest BCUT2D eigenvalue weighted by atomic mass is 32.2. The fourth-order valence-electron chi connectivity index (χ4n) is 4.44. The zero-order valence-corrected chi connectivity index (χ0v) is 19.9. The maximum absolute atomic E-state index is 13.6. The van der Waals surface area contributed by atoms with Crippen LogP contribution in [0.3, 0.4) is 0 Å². The lowest BCUT2D eigenvalue weighted by Crippen LogP contribution is -2.35. The lowest BCUT2D eigenvalue weighted by molar-refractivity contribution is 0.258. The number of hydrogen-bond donors (Lipinski definition) is 0. The van der Waals surface area contributed by atoms with E-state index in [0.29, 0.717) is 32.6 Å². The molecule has 1 aliphatic heterocycles. The molecule has 0 radical (unpaired) electrons. The third kappa shape index (κ3) is 4.78. The van der Waals surface area contributed by atoms with E-state index in [9.17, 15) is 12.8 Å². The van der Waals surface area contributed by atoms with Crippen LogP contribution in [0, 0.1) is 12.7 Å². The first kappa shape index (κ1) is 22.8. The smallest absolute Gasteiger partial charge is 0.243 e. The molecule has 0 atom stereocenters. The van der Waals surface area contributed by atoms with E-state index in [1.165, 1.54) is 33.6 Å². The predicted molar refractivity (Wildman–Crippen MR) is 131 cm³/mol. The van der Waals surface area contributed by atoms with Gasteiger partial charge in [-0.25, -0.2) is 12.8 Å². The van der Waals surface area contributed by atoms with E-state index in [1.807, 2.05) is 6.07 Å². The van der Waals surface area contributed by atoms with Crippen LogP contribution in [0.5, 0.6) is 0 Å². The summed E-state index contributed by atoms with van der Waals surface area (Å²) in [6.45, 7) is 4.81. The summed E-state index contributed by atoms with van der Waals surface area (Å²) >= 11 is 0. The Kier molecular flexibility index (Phi) is 6.25. The molecule has 5 rings (SSSR count). The third-order valence-electron chi connectivity index (χ3n) is 6.31. The van der Waals surface area contributed by atoms with Crippen LogP contribution in [0.25, 0.3) is 22.1 Å². The summed E-state index contributed by atoms with van der Waals surface area (Å²) in [6, 6.07) is 22.0. The molecule has 0 saturated carbocycles. The lowest BCUT2D eigenvalue weighted by atomic mass is 10.0. The molecule has 1 aromatic heterocycles. The van der Waals surface area contributed by atoms with E-state index in [4.69, 9.17) is 4.42 Å². The molecule has 5 nitrogen and oxygen atoms in total. The molecule has 0 spiro atoms.